The molecule has 3 aromatic rings. The van der Waals surface area contributed by atoms with Crippen molar-refractivity contribution in [1.82, 2.24) is 4.98 Å². The third kappa shape index (κ3) is 5.13. The number of nitrogens with one attached hydrogen (secondary N) is 1. The van der Waals surface area contributed by atoms with Gasteiger partial charge < -0.3 is 14.8 Å². The van der Waals surface area contributed by atoms with Crippen LogP contribution in [0.25, 0.3) is 0 Å². The molecule has 0 atom stereocenters. The van der Waals surface area contributed by atoms with Gasteiger partial charge in [-0.15, -0.1) is 0 Å². The Morgan fingerprint density at radius 1 is 1.06 bits per heavy atom. The number of carbonyl (C=O) groups is 1. The monoisotopic (exact) mass is 441 g/mol. The summed E-state index contributed by atoms with van der Waals surface area (Å²) in [5, 5.41) is 2.66. The summed E-state index contributed by atoms with van der Waals surface area (Å²) in [6, 6.07) is 14.5. The van der Waals surface area contributed by atoms with Crippen LogP contribution in [0.3, 0.4) is 0 Å². The number of pyridine rings is 1. The number of amides is 1. The number of aryl methyl sites for hydroxylation is 1. The average molecular weight is 442 g/mol. The van der Waals surface area contributed by atoms with Gasteiger partial charge in [0, 0.05) is 12.3 Å². The van der Waals surface area contributed by atoms with E-state index in [9.17, 15) is 13.2 Å². The van der Waals surface area contributed by atoms with Gasteiger partial charge in [-0.05, 0) is 43.3 Å². The summed E-state index contributed by atoms with van der Waals surface area (Å²) >= 11 is 0. The predicted molar refractivity (Wildman–Crippen MR) is 118 cm³/mol. The number of carbonyl (C=O) groups excluding carboxylic acids is 1. The maximum Gasteiger partial charge on any atom is 0.264 e. The van der Waals surface area contributed by atoms with Crippen molar-refractivity contribution in [2.75, 3.05) is 30.4 Å². The summed E-state index contributed by atoms with van der Waals surface area (Å²) in [6.07, 6.45) is 3.05. The largest absolute Gasteiger partial charge is 0.497 e. The molecule has 8 nitrogen and oxygen atoms in total. The smallest absolute Gasteiger partial charge is 0.264 e. The Labute approximate surface area is 181 Å². The molecule has 162 valence electrons. The molecular formula is C22H23N3O5S. The summed E-state index contributed by atoms with van der Waals surface area (Å²) in [7, 11) is -1.16. The minimum atomic E-state index is -4.07. The van der Waals surface area contributed by atoms with Crippen molar-refractivity contribution < 1.29 is 22.7 Å². The topological polar surface area (TPSA) is 97.8 Å². The highest BCUT2D eigenvalue weighted by Crippen LogP contribution is 2.35. The highest BCUT2D eigenvalue weighted by molar-refractivity contribution is 7.92. The van der Waals surface area contributed by atoms with Gasteiger partial charge in [-0.1, -0.05) is 17.7 Å². The molecular weight excluding hydrogens is 418 g/mol. The van der Waals surface area contributed by atoms with E-state index in [0.29, 0.717) is 11.4 Å². The molecule has 9 heteroatoms. The maximum atomic E-state index is 13.5. The van der Waals surface area contributed by atoms with E-state index in [4.69, 9.17) is 9.47 Å². The molecule has 1 N–H and O–H groups in total. The number of ether oxygens (including phenoxy) is 2. The Balaban J connectivity index is 2.03. The molecule has 0 aliphatic carbocycles. The lowest BCUT2D eigenvalue weighted by atomic mass is 10.2. The second-order valence-corrected chi connectivity index (χ2v) is 8.51. The summed E-state index contributed by atoms with van der Waals surface area (Å²) in [4.78, 5) is 16.7. The minimum Gasteiger partial charge on any atom is -0.497 e. The zero-order valence-corrected chi connectivity index (χ0v) is 18.2. The standard InChI is InChI=1S/C22H23N3O5S/c1-16-6-9-19(10-7-16)31(27,28)25(15-22(26)24-17-5-4-12-23-14-17)20-11-8-18(29-2)13-21(20)30-3/h4-14H,15H2,1-3H3,(H,24,26). The molecule has 1 heterocycles. The van der Waals surface area contributed by atoms with Crippen molar-refractivity contribution in [2.45, 2.75) is 11.8 Å². The van der Waals surface area contributed by atoms with Crippen LogP contribution >= 0.6 is 0 Å². The van der Waals surface area contributed by atoms with Crippen molar-refractivity contribution in [1.29, 1.82) is 0 Å². The van der Waals surface area contributed by atoms with Crippen LogP contribution in [0.4, 0.5) is 11.4 Å². The third-order valence-electron chi connectivity index (χ3n) is 4.50. The van der Waals surface area contributed by atoms with Crippen LogP contribution in [-0.4, -0.2) is 40.1 Å². The second kappa shape index (κ2) is 9.48. The first-order valence-electron chi connectivity index (χ1n) is 9.36. The molecule has 0 spiro atoms. The first-order chi connectivity index (χ1) is 14.8. The fraction of sp³-hybridized carbons (Fsp3) is 0.182. The zero-order chi connectivity index (χ0) is 22.4. The van der Waals surface area contributed by atoms with Crippen molar-refractivity contribution >= 4 is 27.3 Å². The Kier molecular flexibility index (Phi) is 6.76. The normalized spacial score (nSPS) is 10.9. The van der Waals surface area contributed by atoms with Crippen LogP contribution in [0.1, 0.15) is 5.56 Å². The molecule has 0 radical (unpaired) electrons. The van der Waals surface area contributed by atoms with Gasteiger partial charge in [0.1, 0.15) is 18.0 Å². The molecule has 1 amide bonds. The molecule has 0 aliphatic heterocycles. The van der Waals surface area contributed by atoms with Crippen LogP contribution in [0.15, 0.2) is 71.9 Å². The molecule has 0 unspecified atom stereocenters. The Hall–Kier alpha value is -3.59. The highest BCUT2D eigenvalue weighted by atomic mass is 32.2. The van der Waals surface area contributed by atoms with Crippen LogP contribution in [-0.2, 0) is 14.8 Å². The van der Waals surface area contributed by atoms with Gasteiger partial charge in [-0.25, -0.2) is 8.42 Å². The van der Waals surface area contributed by atoms with E-state index in [0.717, 1.165) is 9.87 Å². The lowest BCUT2D eigenvalue weighted by molar-refractivity contribution is -0.114. The number of anilines is 2. The van der Waals surface area contributed by atoms with Gasteiger partial charge in [-0.2, -0.15) is 0 Å². The SMILES string of the molecule is COc1ccc(N(CC(=O)Nc2cccnc2)S(=O)(=O)c2ccc(C)cc2)c(OC)c1. The molecule has 1 aromatic heterocycles. The lowest BCUT2D eigenvalue weighted by Crippen LogP contribution is -2.38. The Bertz CT molecular complexity index is 1150. The lowest BCUT2D eigenvalue weighted by Gasteiger charge is -2.26. The van der Waals surface area contributed by atoms with Crippen LogP contribution in [0, 0.1) is 6.92 Å². The summed E-state index contributed by atoms with van der Waals surface area (Å²) in [6.45, 7) is 1.40. The number of aromatic nitrogens is 1. The van der Waals surface area contributed by atoms with Gasteiger partial charge in [-0.3, -0.25) is 14.1 Å². The highest BCUT2D eigenvalue weighted by Gasteiger charge is 2.29. The molecule has 0 saturated heterocycles. The van der Waals surface area contributed by atoms with Crippen molar-refractivity contribution in [3.05, 3.63) is 72.6 Å². The number of benzene rings is 2. The van der Waals surface area contributed by atoms with Gasteiger partial charge in [0.15, 0.2) is 0 Å². The van der Waals surface area contributed by atoms with Crippen molar-refractivity contribution in [3.8, 4) is 11.5 Å². The third-order valence-corrected chi connectivity index (χ3v) is 6.27. The van der Waals surface area contributed by atoms with E-state index in [1.807, 2.05) is 6.92 Å². The van der Waals surface area contributed by atoms with E-state index in [1.54, 1.807) is 48.7 Å². The summed E-state index contributed by atoms with van der Waals surface area (Å²) < 4.78 is 38.6. The van der Waals surface area contributed by atoms with Gasteiger partial charge in [0.05, 0.1) is 36.7 Å². The number of rotatable bonds is 8. The summed E-state index contributed by atoms with van der Waals surface area (Å²) in [5.74, 6) is 0.221. The Morgan fingerprint density at radius 3 is 2.42 bits per heavy atom. The fourth-order valence-corrected chi connectivity index (χ4v) is 4.33. The van der Waals surface area contributed by atoms with Crippen LogP contribution < -0.4 is 19.1 Å². The van der Waals surface area contributed by atoms with E-state index < -0.39 is 22.5 Å². The van der Waals surface area contributed by atoms with Crippen LogP contribution in [0.2, 0.25) is 0 Å². The number of nitrogens with zero attached hydrogens (tertiary/aromatic N) is 2. The van der Waals surface area contributed by atoms with E-state index >= 15 is 0 Å². The molecule has 2 aromatic carbocycles. The summed E-state index contributed by atoms with van der Waals surface area (Å²) in [5.41, 5.74) is 1.59. The minimum absolute atomic E-state index is 0.0603. The maximum absolute atomic E-state index is 13.5. The van der Waals surface area contributed by atoms with Gasteiger partial charge >= 0.3 is 0 Å². The van der Waals surface area contributed by atoms with Crippen molar-refractivity contribution in [3.63, 3.8) is 0 Å². The van der Waals surface area contributed by atoms with Crippen LogP contribution in [0.5, 0.6) is 11.5 Å². The first-order valence-corrected chi connectivity index (χ1v) is 10.8. The molecule has 3 rings (SSSR count). The van der Waals surface area contributed by atoms with Gasteiger partial charge in [0.2, 0.25) is 5.91 Å². The Morgan fingerprint density at radius 2 is 1.81 bits per heavy atom. The number of sulfonamides is 1. The van der Waals surface area contributed by atoms with E-state index in [1.165, 1.54) is 32.5 Å². The molecule has 0 fully saturated rings. The molecule has 0 bridgehead atoms. The zero-order valence-electron chi connectivity index (χ0n) is 17.4. The van der Waals surface area contributed by atoms with E-state index in [2.05, 4.69) is 10.3 Å². The van der Waals surface area contributed by atoms with Gasteiger partial charge in [0.25, 0.3) is 10.0 Å². The van der Waals surface area contributed by atoms with E-state index in [-0.39, 0.29) is 16.3 Å². The average Bonchev–Trinajstić information content (AvgIpc) is 2.78. The number of hydrogen-bond acceptors (Lipinski definition) is 6. The second-order valence-electron chi connectivity index (χ2n) is 6.65. The van der Waals surface area contributed by atoms with Crippen molar-refractivity contribution in [2.24, 2.45) is 0 Å². The number of methoxy groups -OCH3 is 2. The molecule has 0 aliphatic rings. The predicted octanol–water partition coefficient (Wildman–Crippen LogP) is 3.24. The first kappa shape index (κ1) is 22.1. The number of hydrogen-bond donors (Lipinski definition) is 1. The molecule has 0 saturated carbocycles. The fourth-order valence-electron chi connectivity index (χ4n) is 2.90. The quantitative estimate of drug-likeness (QED) is 0.576. The molecule has 31 heavy (non-hydrogen) atoms.